The van der Waals surface area contributed by atoms with Crippen molar-refractivity contribution in [3.8, 4) is 5.75 Å². The molecule has 0 aliphatic carbocycles. The maximum atomic E-state index is 13.0. The van der Waals surface area contributed by atoms with Crippen LogP contribution in [0.25, 0.3) is 0 Å². The van der Waals surface area contributed by atoms with Gasteiger partial charge in [-0.05, 0) is 54.4 Å². The van der Waals surface area contributed by atoms with Gasteiger partial charge in [0.25, 0.3) is 11.8 Å². The average Bonchev–Trinajstić information content (AvgIpc) is 2.83. The topological polar surface area (TPSA) is 94.5 Å². The highest BCUT2D eigenvalue weighted by molar-refractivity contribution is 14.1. The van der Waals surface area contributed by atoms with Crippen LogP contribution in [0, 0.1) is 5.41 Å². The zero-order valence-corrected chi connectivity index (χ0v) is 20.9. The maximum absolute atomic E-state index is 13.0. The third-order valence-corrected chi connectivity index (χ3v) is 6.56. The van der Waals surface area contributed by atoms with Crippen molar-refractivity contribution in [2.45, 2.75) is 10.8 Å². The van der Waals surface area contributed by atoms with Gasteiger partial charge in [0.15, 0.2) is 0 Å². The molecule has 174 valence electrons. The van der Waals surface area contributed by atoms with Gasteiger partial charge in [-0.2, -0.15) is 0 Å². The van der Waals surface area contributed by atoms with Crippen LogP contribution < -0.4 is 15.4 Å². The molecule has 3 aromatic rings. The summed E-state index contributed by atoms with van der Waals surface area (Å²) in [4.78, 5) is 28.0. The van der Waals surface area contributed by atoms with Crippen LogP contribution in [0.5, 0.6) is 5.75 Å². The van der Waals surface area contributed by atoms with Crippen molar-refractivity contribution in [2.75, 3.05) is 30.8 Å². The Morgan fingerprint density at radius 2 is 1.62 bits per heavy atom. The molecule has 3 N–H and O–H groups in total. The molecule has 1 heterocycles. The number of rotatable bonds is 7. The van der Waals surface area contributed by atoms with Crippen LogP contribution in [0.15, 0.2) is 66.7 Å². The van der Waals surface area contributed by atoms with Crippen LogP contribution in [0.4, 0.5) is 11.4 Å². The van der Waals surface area contributed by atoms with Gasteiger partial charge in [0.2, 0.25) is 0 Å². The molecule has 0 saturated carbocycles. The smallest absolute Gasteiger partial charge is 0.257 e. The number of hydrogen-bond donors (Lipinski definition) is 3. The molecule has 0 unspecified atom stereocenters. The summed E-state index contributed by atoms with van der Waals surface area (Å²) in [6.07, 6.45) is 1.10. The molecule has 0 atom stereocenters. The number of amides is 2. The molecule has 0 radical (unpaired) electrons. The quantitative estimate of drug-likeness (QED) is 0.159. The van der Waals surface area contributed by atoms with E-state index in [-0.39, 0.29) is 11.8 Å². The first kappa shape index (κ1) is 23.7. The van der Waals surface area contributed by atoms with E-state index in [0.717, 1.165) is 29.5 Å². The van der Waals surface area contributed by atoms with Gasteiger partial charge in [0.1, 0.15) is 11.6 Å². The van der Waals surface area contributed by atoms with E-state index in [4.69, 9.17) is 10.1 Å². The zero-order chi connectivity index (χ0) is 24.1. The van der Waals surface area contributed by atoms with Crippen molar-refractivity contribution in [3.05, 3.63) is 89.0 Å². The van der Waals surface area contributed by atoms with E-state index in [0.29, 0.717) is 34.1 Å². The number of ether oxygens (including phenoxy) is 1. The molecular weight excluding hydrogens is 543 g/mol. The summed E-state index contributed by atoms with van der Waals surface area (Å²) in [7, 11) is 1.53. The van der Waals surface area contributed by atoms with E-state index < -0.39 is 0 Å². The molecule has 2 amide bonds. The molecule has 0 spiro atoms. The zero-order valence-electron chi connectivity index (χ0n) is 18.7. The fourth-order valence-corrected chi connectivity index (χ4v) is 4.03. The Hall–Kier alpha value is -3.40. The lowest BCUT2D eigenvalue weighted by Crippen LogP contribution is -2.42. The normalized spacial score (nSPS) is 12.5. The highest BCUT2D eigenvalue weighted by Crippen LogP contribution is 2.25. The average molecular weight is 568 g/mol. The number of amidine groups is 1. The molecule has 1 aliphatic rings. The van der Waals surface area contributed by atoms with Gasteiger partial charge < -0.3 is 20.3 Å². The van der Waals surface area contributed by atoms with E-state index in [9.17, 15) is 9.59 Å². The van der Waals surface area contributed by atoms with Gasteiger partial charge in [-0.15, -0.1) is 0 Å². The van der Waals surface area contributed by atoms with Crippen molar-refractivity contribution < 1.29 is 14.3 Å². The summed E-state index contributed by atoms with van der Waals surface area (Å²) < 4.78 is 6.17. The molecule has 0 bridgehead atoms. The molecule has 1 aliphatic heterocycles. The third kappa shape index (κ3) is 5.39. The molecule has 8 heteroatoms. The first-order valence-electron chi connectivity index (χ1n) is 10.9. The van der Waals surface area contributed by atoms with Crippen molar-refractivity contribution in [1.29, 1.82) is 5.41 Å². The molecule has 7 nitrogen and oxygen atoms in total. The number of benzene rings is 3. The Balaban J connectivity index is 1.51. The lowest BCUT2D eigenvalue weighted by Gasteiger charge is -2.33. The fraction of sp³-hybridized carbons (Fsp3) is 0.192. The predicted octanol–water partition coefficient (Wildman–Crippen LogP) is 5.17. The molecule has 34 heavy (non-hydrogen) atoms. The predicted molar refractivity (Wildman–Crippen MR) is 143 cm³/mol. The van der Waals surface area contributed by atoms with Crippen molar-refractivity contribution in [3.63, 3.8) is 0 Å². The van der Waals surface area contributed by atoms with E-state index in [2.05, 4.69) is 33.2 Å². The van der Waals surface area contributed by atoms with Crippen molar-refractivity contribution in [1.82, 2.24) is 4.90 Å². The molecule has 1 saturated heterocycles. The number of hydrogen-bond acceptors (Lipinski definition) is 4. The van der Waals surface area contributed by atoms with E-state index >= 15 is 0 Å². The number of nitrogens with one attached hydrogen (secondary N) is 3. The molecule has 1 fully saturated rings. The summed E-state index contributed by atoms with van der Waals surface area (Å²) in [6.45, 7) is 1.79. The molecule has 0 aromatic heterocycles. The second-order valence-electron chi connectivity index (χ2n) is 7.92. The minimum Gasteiger partial charge on any atom is -0.497 e. The largest absolute Gasteiger partial charge is 0.497 e. The number of nitrogens with zero attached hydrogens (tertiary/aromatic N) is 1. The van der Waals surface area contributed by atoms with Crippen LogP contribution in [-0.4, -0.2) is 42.7 Å². The van der Waals surface area contributed by atoms with Crippen LogP contribution in [0.1, 0.15) is 38.3 Å². The number of alkyl halides is 1. The molecular formula is C26H25IN4O3. The molecule has 4 rings (SSSR count). The van der Waals surface area contributed by atoms with E-state index in [1.165, 1.54) is 12.7 Å². The summed E-state index contributed by atoms with van der Waals surface area (Å²) >= 11 is 2.29. The number of methoxy groups -OCH3 is 1. The highest BCUT2D eigenvalue weighted by Gasteiger charge is 2.19. The maximum Gasteiger partial charge on any atom is 0.257 e. The number of likely N-dealkylation sites (tertiary alicyclic amines) is 1. The van der Waals surface area contributed by atoms with Gasteiger partial charge >= 0.3 is 0 Å². The Labute approximate surface area is 212 Å². The lowest BCUT2D eigenvalue weighted by molar-refractivity contribution is 0.102. The summed E-state index contributed by atoms with van der Waals surface area (Å²) in [5.74, 6) is 0.290. The Morgan fingerprint density at radius 3 is 2.21 bits per heavy atom. The molecule has 3 aromatic carbocycles. The monoisotopic (exact) mass is 568 g/mol. The summed E-state index contributed by atoms with van der Waals surface area (Å²) in [6, 6.07) is 19.5. The second kappa shape index (κ2) is 10.7. The van der Waals surface area contributed by atoms with Gasteiger partial charge in [0, 0.05) is 34.3 Å². The van der Waals surface area contributed by atoms with Crippen molar-refractivity contribution in [2.24, 2.45) is 0 Å². The summed E-state index contributed by atoms with van der Waals surface area (Å²) in [5, 5.41) is 14.0. The van der Waals surface area contributed by atoms with E-state index in [1.54, 1.807) is 42.5 Å². The second-order valence-corrected chi connectivity index (χ2v) is 8.68. The SMILES string of the molecule is COc1ccc(NC(=O)c2ccc(C(=N)N3CCC3)cc2)c(C(=O)Nc2ccc(CI)cc2)c1. The number of carbonyl (C=O) groups is 2. The number of anilines is 2. The van der Waals surface area contributed by atoms with Crippen LogP contribution in [0.3, 0.4) is 0 Å². The van der Waals surface area contributed by atoms with Gasteiger partial charge in [-0.1, -0.05) is 46.9 Å². The van der Waals surface area contributed by atoms with Crippen LogP contribution in [0.2, 0.25) is 0 Å². The Kier molecular flexibility index (Phi) is 7.46. The van der Waals surface area contributed by atoms with Gasteiger partial charge in [0.05, 0.1) is 18.4 Å². The lowest BCUT2D eigenvalue weighted by atomic mass is 10.1. The van der Waals surface area contributed by atoms with Crippen LogP contribution >= 0.6 is 22.6 Å². The van der Waals surface area contributed by atoms with Gasteiger partial charge in [-0.25, -0.2) is 0 Å². The fourth-order valence-electron chi connectivity index (χ4n) is 3.52. The van der Waals surface area contributed by atoms with Crippen LogP contribution in [-0.2, 0) is 4.43 Å². The first-order valence-corrected chi connectivity index (χ1v) is 12.4. The van der Waals surface area contributed by atoms with E-state index in [1.807, 2.05) is 29.2 Å². The third-order valence-electron chi connectivity index (χ3n) is 5.68. The minimum absolute atomic E-state index is 0.293. The van der Waals surface area contributed by atoms with Gasteiger partial charge in [-0.3, -0.25) is 15.0 Å². The van der Waals surface area contributed by atoms with Crippen molar-refractivity contribution >= 4 is 51.6 Å². The number of carbonyl (C=O) groups excluding carboxylic acids is 2. The number of halogens is 1. The minimum atomic E-state index is -0.352. The Morgan fingerprint density at radius 1 is 0.941 bits per heavy atom. The Bertz CT molecular complexity index is 1210. The summed E-state index contributed by atoms with van der Waals surface area (Å²) in [5.41, 5.74) is 3.72. The standard InChI is InChI=1S/C26H25IN4O3/c1-34-21-11-12-23(22(15-21)26(33)29-20-9-3-17(16-27)4-10-20)30-25(32)19-7-5-18(6-8-19)24(28)31-13-2-14-31/h3-12,15,28H,2,13-14,16H2,1H3,(H,29,33)(H,30,32). The first-order chi connectivity index (χ1) is 16.5. The highest BCUT2D eigenvalue weighted by atomic mass is 127.